The smallest absolute Gasteiger partial charge is 0.0683 e. The minimum absolute atomic E-state index is 0.617. The molecule has 2 aromatic heterocycles. The number of thiophene rings is 1. The van der Waals surface area contributed by atoms with Crippen LogP contribution in [0.1, 0.15) is 29.6 Å². The third-order valence-corrected chi connectivity index (χ3v) is 4.05. The van der Waals surface area contributed by atoms with Gasteiger partial charge < -0.3 is 5.73 Å². The van der Waals surface area contributed by atoms with Crippen LogP contribution < -0.4 is 5.73 Å². The van der Waals surface area contributed by atoms with Crippen LogP contribution in [0.4, 0.5) is 0 Å². The molecular formula is C13H19N3S. The summed E-state index contributed by atoms with van der Waals surface area (Å²) in [7, 11) is 0. The molecule has 0 aromatic carbocycles. The van der Waals surface area contributed by atoms with Gasteiger partial charge in [-0.25, -0.2) is 0 Å². The summed E-state index contributed by atoms with van der Waals surface area (Å²) in [5.41, 5.74) is 9.31. The first-order chi connectivity index (χ1) is 8.17. The lowest BCUT2D eigenvalue weighted by atomic mass is 10.1. The average Bonchev–Trinajstić information content (AvgIpc) is 2.86. The molecule has 0 aliphatic carbocycles. The van der Waals surface area contributed by atoms with Crippen molar-refractivity contribution in [2.24, 2.45) is 5.73 Å². The van der Waals surface area contributed by atoms with Gasteiger partial charge in [-0.3, -0.25) is 4.68 Å². The molecule has 0 bridgehead atoms. The van der Waals surface area contributed by atoms with Gasteiger partial charge in [0.25, 0.3) is 0 Å². The largest absolute Gasteiger partial charge is 0.326 e. The number of aromatic nitrogens is 2. The lowest BCUT2D eigenvalue weighted by molar-refractivity contribution is 0.583. The van der Waals surface area contributed by atoms with E-state index >= 15 is 0 Å². The minimum Gasteiger partial charge on any atom is -0.326 e. The molecule has 92 valence electrons. The molecule has 0 radical (unpaired) electrons. The molecule has 2 rings (SSSR count). The van der Waals surface area contributed by atoms with Crippen LogP contribution in [-0.2, 0) is 13.1 Å². The highest BCUT2D eigenvalue weighted by Gasteiger charge is 2.14. The summed E-state index contributed by atoms with van der Waals surface area (Å²) in [6.45, 7) is 8.00. The van der Waals surface area contributed by atoms with E-state index in [0.29, 0.717) is 6.54 Å². The molecule has 4 heteroatoms. The van der Waals surface area contributed by atoms with E-state index in [1.807, 2.05) is 0 Å². The van der Waals surface area contributed by atoms with Crippen molar-refractivity contribution < 1.29 is 0 Å². The first-order valence-corrected chi connectivity index (χ1v) is 6.82. The van der Waals surface area contributed by atoms with Crippen LogP contribution in [0.5, 0.6) is 0 Å². The molecule has 0 saturated carbocycles. The normalized spacial score (nSPS) is 11.1. The summed E-state index contributed by atoms with van der Waals surface area (Å²) in [5, 5.41) is 4.60. The average molecular weight is 249 g/mol. The van der Waals surface area contributed by atoms with Crippen LogP contribution in [-0.4, -0.2) is 9.78 Å². The number of hydrogen-bond acceptors (Lipinski definition) is 3. The molecule has 2 heterocycles. The molecule has 0 atom stereocenters. The van der Waals surface area contributed by atoms with Gasteiger partial charge in [-0.1, -0.05) is 6.92 Å². The van der Waals surface area contributed by atoms with Crippen molar-refractivity contribution in [2.45, 2.75) is 40.3 Å². The van der Waals surface area contributed by atoms with Gasteiger partial charge in [0.05, 0.1) is 5.69 Å². The van der Waals surface area contributed by atoms with Crippen molar-refractivity contribution in [3.05, 3.63) is 28.4 Å². The van der Waals surface area contributed by atoms with Crippen molar-refractivity contribution in [3.8, 4) is 10.4 Å². The fraction of sp³-hybridized carbons (Fsp3) is 0.462. The Bertz CT molecular complexity index is 511. The number of nitrogens with zero attached hydrogens (tertiary/aromatic N) is 2. The first-order valence-electron chi connectivity index (χ1n) is 6.00. The summed E-state index contributed by atoms with van der Waals surface area (Å²) in [6.07, 6.45) is 1.11. The van der Waals surface area contributed by atoms with E-state index in [0.717, 1.165) is 18.7 Å². The van der Waals surface area contributed by atoms with Crippen molar-refractivity contribution in [1.29, 1.82) is 0 Å². The molecule has 3 nitrogen and oxygen atoms in total. The zero-order chi connectivity index (χ0) is 12.4. The van der Waals surface area contributed by atoms with E-state index < -0.39 is 0 Å². The predicted molar refractivity (Wildman–Crippen MR) is 73.2 cm³/mol. The Morgan fingerprint density at radius 2 is 2.12 bits per heavy atom. The maximum absolute atomic E-state index is 5.66. The van der Waals surface area contributed by atoms with Crippen LogP contribution in [0.15, 0.2) is 12.1 Å². The Balaban J connectivity index is 2.44. The maximum Gasteiger partial charge on any atom is 0.0683 e. The van der Waals surface area contributed by atoms with Crippen LogP contribution in [0.2, 0.25) is 0 Å². The molecule has 0 fully saturated rings. The molecule has 0 aliphatic heterocycles. The molecule has 17 heavy (non-hydrogen) atoms. The maximum atomic E-state index is 5.66. The molecule has 2 aromatic rings. The second kappa shape index (κ2) is 5.02. The molecule has 0 aliphatic rings. The van der Waals surface area contributed by atoms with E-state index in [1.165, 1.54) is 21.0 Å². The zero-order valence-corrected chi connectivity index (χ0v) is 11.5. The molecule has 0 saturated heterocycles. The van der Waals surface area contributed by atoms with Gasteiger partial charge in [0.1, 0.15) is 0 Å². The van der Waals surface area contributed by atoms with E-state index in [1.54, 1.807) is 11.3 Å². The highest BCUT2D eigenvalue weighted by molar-refractivity contribution is 7.15. The number of hydrogen-bond donors (Lipinski definition) is 1. The van der Waals surface area contributed by atoms with E-state index in [4.69, 9.17) is 5.73 Å². The van der Waals surface area contributed by atoms with Gasteiger partial charge in [0, 0.05) is 34.1 Å². The van der Waals surface area contributed by atoms with Crippen molar-refractivity contribution in [3.63, 3.8) is 0 Å². The quantitative estimate of drug-likeness (QED) is 0.905. The third kappa shape index (κ3) is 2.28. The van der Waals surface area contributed by atoms with Gasteiger partial charge in [-0.2, -0.15) is 5.10 Å². The molecular weight excluding hydrogens is 230 g/mol. The van der Waals surface area contributed by atoms with Crippen LogP contribution in [0.25, 0.3) is 10.4 Å². The zero-order valence-electron chi connectivity index (χ0n) is 10.7. The summed E-state index contributed by atoms with van der Waals surface area (Å²) >= 11 is 1.77. The Labute approximate surface area is 106 Å². The number of nitrogens with two attached hydrogens (primary N) is 1. The summed E-state index contributed by atoms with van der Waals surface area (Å²) in [5.74, 6) is 0. The number of rotatable bonds is 4. The Morgan fingerprint density at radius 1 is 1.35 bits per heavy atom. The van der Waals surface area contributed by atoms with Gasteiger partial charge in [-0.05, 0) is 32.4 Å². The SMILES string of the molecule is CCCn1nc(C)c(-c2ccc(CN)s2)c1C. The van der Waals surface area contributed by atoms with E-state index in [-0.39, 0.29) is 0 Å². The standard InChI is InChI=1S/C13H19N3S/c1-4-7-16-10(3)13(9(2)15-16)12-6-5-11(8-14)17-12/h5-6H,4,7-8,14H2,1-3H3. The molecule has 0 unspecified atom stereocenters. The van der Waals surface area contributed by atoms with E-state index in [2.05, 4.69) is 42.7 Å². The highest BCUT2D eigenvalue weighted by atomic mass is 32.1. The van der Waals surface area contributed by atoms with Gasteiger partial charge >= 0.3 is 0 Å². The monoisotopic (exact) mass is 249 g/mol. The lowest BCUT2D eigenvalue weighted by Gasteiger charge is -2.02. The van der Waals surface area contributed by atoms with Crippen molar-refractivity contribution >= 4 is 11.3 Å². The fourth-order valence-corrected chi connectivity index (χ4v) is 3.14. The van der Waals surface area contributed by atoms with Gasteiger partial charge in [-0.15, -0.1) is 11.3 Å². The van der Waals surface area contributed by atoms with Crippen LogP contribution in [0, 0.1) is 13.8 Å². The summed E-state index contributed by atoms with van der Waals surface area (Å²) < 4.78 is 2.10. The van der Waals surface area contributed by atoms with Crippen LogP contribution >= 0.6 is 11.3 Å². The molecule has 2 N–H and O–H groups in total. The van der Waals surface area contributed by atoms with Crippen LogP contribution in [0.3, 0.4) is 0 Å². The minimum atomic E-state index is 0.617. The lowest BCUT2D eigenvalue weighted by Crippen LogP contribution is -2.01. The van der Waals surface area contributed by atoms with Gasteiger partial charge in [0.2, 0.25) is 0 Å². The predicted octanol–water partition coefficient (Wildman–Crippen LogP) is 3.10. The van der Waals surface area contributed by atoms with Crippen molar-refractivity contribution in [2.75, 3.05) is 0 Å². The van der Waals surface area contributed by atoms with Crippen molar-refractivity contribution in [1.82, 2.24) is 9.78 Å². The summed E-state index contributed by atoms with van der Waals surface area (Å²) in [4.78, 5) is 2.50. The number of aryl methyl sites for hydroxylation is 2. The second-order valence-corrected chi connectivity index (χ2v) is 5.41. The first kappa shape index (κ1) is 12.3. The van der Waals surface area contributed by atoms with Gasteiger partial charge in [0.15, 0.2) is 0 Å². The fourth-order valence-electron chi connectivity index (χ4n) is 2.11. The molecule has 0 spiro atoms. The Kier molecular flexibility index (Phi) is 3.64. The Morgan fingerprint density at radius 3 is 2.71 bits per heavy atom. The highest BCUT2D eigenvalue weighted by Crippen LogP contribution is 2.32. The topological polar surface area (TPSA) is 43.8 Å². The summed E-state index contributed by atoms with van der Waals surface area (Å²) in [6, 6.07) is 4.26. The van der Waals surface area contributed by atoms with E-state index in [9.17, 15) is 0 Å². The Hall–Kier alpha value is -1.13. The third-order valence-electron chi connectivity index (χ3n) is 2.93. The molecule has 0 amide bonds. The second-order valence-electron chi connectivity index (χ2n) is 4.24.